The minimum atomic E-state index is -0.350. The van der Waals surface area contributed by atoms with E-state index in [4.69, 9.17) is 9.68 Å². The number of nitriles is 1. The standard InChI is InChI=1S/C27H30FN5O2/c1-3-20(4-2)26(34)31-22-9-10-24(23(28)17-22)32-12-14-33(15-13-32)25(27-30-11-16-35-27)21-7-5-19(18-29)6-8-21/h5-11,16-17,20,25H,3-4,12-15H2,1-2H3,(H,31,34). The molecule has 1 atom stereocenters. The summed E-state index contributed by atoms with van der Waals surface area (Å²) in [6, 6.07) is 14.3. The first-order valence-corrected chi connectivity index (χ1v) is 12.0. The van der Waals surface area contributed by atoms with Crippen LogP contribution in [0, 0.1) is 23.1 Å². The molecule has 182 valence electrons. The Morgan fingerprint density at radius 2 is 1.86 bits per heavy atom. The van der Waals surface area contributed by atoms with E-state index in [1.54, 1.807) is 36.7 Å². The molecule has 1 aliphatic heterocycles. The molecular weight excluding hydrogens is 445 g/mol. The number of piperazine rings is 1. The highest BCUT2D eigenvalue weighted by atomic mass is 19.1. The second-order valence-electron chi connectivity index (χ2n) is 8.70. The van der Waals surface area contributed by atoms with Crippen LogP contribution < -0.4 is 10.2 Å². The maximum absolute atomic E-state index is 15.0. The van der Waals surface area contributed by atoms with Gasteiger partial charge in [0.25, 0.3) is 0 Å². The lowest BCUT2D eigenvalue weighted by Crippen LogP contribution is -2.48. The van der Waals surface area contributed by atoms with Crippen molar-refractivity contribution in [1.29, 1.82) is 5.26 Å². The van der Waals surface area contributed by atoms with Gasteiger partial charge < -0.3 is 14.6 Å². The number of anilines is 2. The molecule has 0 radical (unpaired) electrons. The van der Waals surface area contributed by atoms with Gasteiger partial charge in [0.2, 0.25) is 11.8 Å². The van der Waals surface area contributed by atoms with Crippen LogP contribution in [0.3, 0.4) is 0 Å². The van der Waals surface area contributed by atoms with Crippen molar-refractivity contribution in [3.05, 3.63) is 77.8 Å². The van der Waals surface area contributed by atoms with Gasteiger partial charge in [-0.1, -0.05) is 26.0 Å². The van der Waals surface area contributed by atoms with Crippen LogP contribution in [0.2, 0.25) is 0 Å². The fourth-order valence-electron chi connectivity index (χ4n) is 4.58. The number of carbonyl (C=O) groups excluding carboxylic acids is 1. The SMILES string of the molecule is CCC(CC)C(=O)Nc1ccc(N2CCN(C(c3ccc(C#N)cc3)c3ncco3)CC2)c(F)c1. The van der Waals surface area contributed by atoms with Gasteiger partial charge in [-0.3, -0.25) is 9.69 Å². The monoisotopic (exact) mass is 475 g/mol. The third-order valence-corrected chi connectivity index (χ3v) is 6.63. The molecule has 1 saturated heterocycles. The van der Waals surface area contributed by atoms with Crippen molar-refractivity contribution < 1.29 is 13.6 Å². The van der Waals surface area contributed by atoms with Crippen molar-refractivity contribution in [2.75, 3.05) is 36.4 Å². The number of halogens is 1. The second-order valence-corrected chi connectivity index (χ2v) is 8.70. The van der Waals surface area contributed by atoms with Crippen molar-refractivity contribution in [3.63, 3.8) is 0 Å². The molecule has 1 N–H and O–H groups in total. The normalized spacial score (nSPS) is 15.1. The minimum Gasteiger partial charge on any atom is -0.447 e. The number of nitrogens with zero attached hydrogens (tertiary/aromatic N) is 4. The number of carbonyl (C=O) groups is 1. The number of oxazole rings is 1. The number of aromatic nitrogens is 1. The average Bonchev–Trinajstić information content (AvgIpc) is 3.40. The number of hydrogen-bond donors (Lipinski definition) is 1. The van der Waals surface area contributed by atoms with Crippen molar-refractivity contribution >= 4 is 17.3 Å². The molecule has 0 bridgehead atoms. The Hall–Kier alpha value is -3.70. The molecular formula is C27H30FN5O2. The van der Waals surface area contributed by atoms with Gasteiger partial charge in [0, 0.05) is 37.8 Å². The van der Waals surface area contributed by atoms with Crippen LogP contribution in [-0.4, -0.2) is 42.0 Å². The zero-order chi connectivity index (χ0) is 24.8. The predicted molar refractivity (Wildman–Crippen MR) is 132 cm³/mol. The highest BCUT2D eigenvalue weighted by Gasteiger charge is 2.30. The summed E-state index contributed by atoms with van der Waals surface area (Å²) in [5.41, 5.74) is 2.59. The molecule has 0 saturated carbocycles. The Balaban J connectivity index is 1.45. The first-order chi connectivity index (χ1) is 17.0. The van der Waals surface area contributed by atoms with Crippen molar-refractivity contribution in [1.82, 2.24) is 9.88 Å². The summed E-state index contributed by atoms with van der Waals surface area (Å²) in [5.74, 6) is 0.0960. The van der Waals surface area contributed by atoms with Gasteiger partial charge in [-0.15, -0.1) is 0 Å². The van der Waals surface area contributed by atoms with Crippen molar-refractivity contribution in [2.45, 2.75) is 32.7 Å². The van der Waals surface area contributed by atoms with Crippen LogP contribution in [-0.2, 0) is 4.79 Å². The molecule has 4 rings (SSSR count). The van der Waals surface area contributed by atoms with Crippen molar-refractivity contribution in [2.24, 2.45) is 5.92 Å². The quantitative estimate of drug-likeness (QED) is 0.495. The molecule has 35 heavy (non-hydrogen) atoms. The first kappa shape index (κ1) is 24.4. The van der Waals surface area contributed by atoms with E-state index in [0.29, 0.717) is 49.0 Å². The van der Waals surface area contributed by atoms with E-state index in [0.717, 1.165) is 18.4 Å². The van der Waals surface area contributed by atoms with Gasteiger partial charge >= 0.3 is 0 Å². The molecule has 2 heterocycles. The van der Waals surface area contributed by atoms with Crippen LogP contribution in [0.25, 0.3) is 0 Å². The van der Waals surface area contributed by atoms with Gasteiger partial charge in [-0.2, -0.15) is 5.26 Å². The topological polar surface area (TPSA) is 85.4 Å². The molecule has 3 aromatic rings. The molecule has 1 unspecified atom stereocenters. The molecule has 0 spiro atoms. The van der Waals surface area contributed by atoms with Crippen LogP contribution in [0.5, 0.6) is 0 Å². The summed E-state index contributed by atoms with van der Waals surface area (Å²) in [4.78, 5) is 21.0. The lowest BCUT2D eigenvalue weighted by Gasteiger charge is -2.39. The molecule has 8 heteroatoms. The fraction of sp³-hybridized carbons (Fsp3) is 0.370. The molecule has 1 fully saturated rings. The summed E-state index contributed by atoms with van der Waals surface area (Å²) in [6.45, 7) is 6.57. The summed E-state index contributed by atoms with van der Waals surface area (Å²) in [7, 11) is 0. The maximum atomic E-state index is 15.0. The van der Waals surface area contributed by atoms with E-state index < -0.39 is 0 Å². The van der Waals surface area contributed by atoms with Gasteiger partial charge in [0.05, 0.1) is 23.5 Å². The number of nitrogens with one attached hydrogen (secondary N) is 1. The predicted octanol–water partition coefficient (Wildman–Crippen LogP) is 4.97. The van der Waals surface area contributed by atoms with Crippen LogP contribution in [0.4, 0.5) is 15.8 Å². The zero-order valence-electron chi connectivity index (χ0n) is 20.1. The number of amides is 1. The highest BCUT2D eigenvalue weighted by Crippen LogP contribution is 2.31. The van der Waals surface area contributed by atoms with Gasteiger partial charge in [-0.05, 0) is 48.7 Å². The number of rotatable bonds is 8. The van der Waals surface area contributed by atoms with E-state index in [1.807, 2.05) is 30.9 Å². The Kier molecular flexibility index (Phi) is 7.78. The summed E-state index contributed by atoms with van der Waals surface area (Å²) >= 11 is 0. The van der Waals surface area contributed by atoms with Gasteiger partial charge in [0.15, 0.2) is 0 Å². The molecule has 1 aromatic heterocycles. The van der Waals surface area contributed by atoms with Gasteiger partial charge in [0.1, 0.15) is 18.1 Å². The molecule has 1 amide bonds. The van der Waals surface area contributed by atoms with Crippen molar-refractivity contribution in [3.8, 4) is 6.07 Å². The van der Waals surface area contributed by atoms with E-state index >= 15 is 4.39 Å². The summed E-state index contributed by atoms with van der Waals surface area (Å²) < 4.78 is 20.6. The van der Waals surface area contributed by atoms with E-state index in [9.17, 15) is 4.79 Å². The highest BCUT2D eigenvalue weighted by molar-refractivity contribution is 5.92. The Bertz CT molecular complexity index is 1160. The number of benzene rings is 2. The zero-order valence-corrected chi connectivity index (χ0v) is 20.1. The Labute approximate surface area is 205 Å². The molecule has 2 aromatic carbocycles. The summed E-state index contributed by atoms with van der Waals surface area (Å²) in [5, 5.41) is 12.0. The maximum Gasteiger partial charge on any atom is 0.227 e. The molecule has 0 aliphatic carbocycles. The largest absolute Gasteiger partial charge is 0.447 e. The molecule has 7 nitrogen and oxygen atoms in total. The Morgan fingerprint density at radius 3 is 2.43 bits per heavy atom. The molecule has 1 aliphatic rings. The van der Waals surface area contributed by atoms with E-state index in [1.165, 1.54) is 6.07 Å². The van der Waals surface area contributed by atoms with E-state index in [2.05, 4.69) is 21.3 Å². The minimum absolute atomic E-state index is 0.0708. The van der Waals surface area contributed by atoms with Crippen LogP contribution in [0.1, 0.15) is 49.7 Å². The second kappa shape index (κ2) is 11.2. The smallest absolute Gasteiger partial charge is 0.227 e. The Morgan fingerprint density at radius 1 is 1.14 bits per heavy atom. The lowest BCUT2D eigenvalue weighted by atomic mass is 10.0. The summed E-state index contributed by atoms with van der Waals surface area (Å²) in [6.07, 6.45) is 4.69. The average molecular weight is 476 g/mol. The van der Waals surface area contributed by atoms with Crippen LogP contribution >= 0.6 is 0 Å². The van der Waals surface area contributed by atoms with Crippen LogP contribution in [0.15, 0.2) is 59.3 Å². The fourth-order valence-corrected chi connectivity index (χ4v) is 4.58. The third-order valence-electron chi connectivity index (χ3n) is 6.63. The lowest BCUT2D eigenvalue weighted by molar-refractivity contribution is -0.120. The number of hydrogen-bond acceptors (Lipinski definition) is 6. The van der Waals surface area contributed by atoms with E-state index in [-0.39, 0.29) is 23.7 Å². The van der Waals surface area contributed by atoms with Gasteiger partial charge in [-0.25, -0.2) is 9.37 Å². The third kappa shape index (κ3) is 5.52. The first-order valence-electron chi connectivity index (χ1n) is 12.0.